The second-order valence-corrected chi connectivity index (χ2v) is 9.74. The molecule has 64 valence electrons. The van der Waals surface area contributed by atoms with E-state index in [-0.39, 0.29) is 0 Å². The fourth-order valence-electron chi connectivity index (χ4n) is 0.530. The molecule has 0 heterocycles. The fraction of sp³-hybridized carbons (Fsp3) is 0.667. The number of hydrogen-bond donors (Lipinski definition) is 0. The zero-order valence-electron chi connectivity index (χ0n) is 8.14. The third kappa shape index (κ3) is 3.02. The van der Waals surface area contributed by atoms with Crippen LogP contribution in [-0.4, -0.2) is 14.4 Å². The molecule has 0 saturated carbocycles. The van der Waals surface area contributed by atoms with Gasteiger partial charge in [0.15, 0.2) is 0 Å². The largest absolute Gasteiger partial charge is 0.299 e. The van der Waals surface area contributed by atoms with Gasteiger partial charge in [-0.3, -0.25) is 4.79 Å². The van der Waals surface area contributed by atoms with E-state index in [9.17, 15) is 4.79 Å². The minimum Gasteiger partial charge on any atom is -0.299 e. The molecule has 0 saturated heterocycles. The third-order valence-corrected chi connectivity index (χ3v) is 7.42. The molecule has 0 amide bonds. The summed E-state index contributed by atoms with van der Waals surface area (Å²) in [6.45, 7) is 11.2. The first-order chi connectivity index (χ1) is 4.81. The summed E-state index contributed by atoms with van der Waals surface area (Å²) in [7, 11) is -1.34. The molecular weight excluding hydrogens is 152 g/mol. The number of carbonyl (C=O) groups is 1. The van der Waals surface area contributed by atoms with Gasteiger partial charge < -0.3 is 0 Å². The highest BCUT2D eigenvalue weighted by molar-refractivity contribution is 6.84. The predicted octanol–water partition coefficient (Wildman–Crippen LogP) is 2.79. The molecule has 0 aromatic carbocycles. The third-order valence-electron chi connectivity index (χ3n) is 2.52. The Labute approximate surface area is 70.5 Å². The molecule has 11 heavy (non-hydrogen) atoms. The molecule has 0 N–H and O–H groups in total. The van der Waals surface area contributed by atoms with Gasteiger partial charge in [-0.05, 0) is 11.1 Å². The van der Waals surface area contributed by atoms with Gasteiger partial charge in [-0.2, -0.15) is 0 Å². The minimum absolute atomic E-state index is 0.340. The molecule has 0 aliphatic rings. The Morgan fingerprint density at radius 2 is 1.64 bits per heavy atom. The normalized spacial score (nSPS) is 13.9. The van der Waals surface area contributed by atoms with Crippen LogP contribution >= 0.6 is 0 Å². The van der Waals surface area contributed by atoms with Gasteiger partial charge in [-0.1, -0.05) is 39.6 Å². The summed E-state index contributed by atoms with van der Waals surface area (Å²) in [6.07, 6.45) is 2.50. The quantitative estimate of drug-likeness (QED) is 0.354. The maximum absolute atomic E-state index is 10.1. The van der Waals surface area contributed by atoms with Crippen molar-refractivity contribution in [2.75, 3.05) is 0 Å². The van der Waals surface area contributed by atoms with Crippen molar-refractivity contribution in [3.63, 3.8) is 0 Å². The summed E-state index contributed by atoms with van der Waals surface area (Å²) >= 11 is 0. The fourth-order valence-corrected chi connectivity index (χ4v) is 1.59. The zero-order valence-corrected chi connectivity index (χ0v) is 9.14. The summed E-state index contributed by atoms with van der Waals surface area (Å²) in [5.41, 5.74) is 2.10. The average molecular weight is 170 g/mol. The van der Waals surface area contributed by atoms with Gasteiger partial charge in [-0.15, -0.1) is 0 Å². The van der Waals surface area contributed by atoms with Gasteiger partial charge in [0, 0.05) is 0 Å². The highest BCUT2D eigenvalue weighted by Gasteiger charge is 2.31. The molecule has 0 unspecified atom stereocenters. The van der Waals surface area contributed by atoms with E-state index in [1.165, 1.54) is 0 Å². The van der Waals surface area contributed by atoms with Gasteiger partial charge in [0.05, 0.1) is 8.07 Å². The van der Waals surface area contributed by atoms with Crippen LogP contribution in [0.3, 0.4) is 0 Å². The van der Waals surface area contributed by atoms with Crippen molar-refractivity contribution in [3.8, 4) is 0 Å². The van der Waals surface area contributed by atoms with Gasteiger partial charge in [0.2, 0.25) is 0 Å². The van der Waals surface area contributed by atoms with Crippen LogP contribution in [0.15, 0.2) is 11.8 Å². The smallest absolute Gasteiger partial charge is 0.142 e. The highest BCUT2D eigenvalue weighted by Crippen LogP contribution is 2.36. The van der Waals surface area contributed by atoms with Crippen molar-refractivity contribution in [3.05, 3.63) is 11.8 Å². The van der Waals surface area contributed by atoms with Gasteiger partial charge in [0.25, 0.3) is 0 Å². The molecule has 0 spiro atoms. The first kappa shape index (κ1) is 10.6. The summed E-state index contributed by atoms with van der Waals surface area (Å²) < 4.78 is 0. The number of rotatable bonds is 2. The summed E-state index contributed by atoms with van der Waals surface area (Å²) in [5.74, 6) is 0. The van der Waals surface area contributed by atoms with Crippen LogP contribution in [0, 0.1) is 0 Å². The van der Waals surface area contributed by atoms with E-state index in [1.54, 1.807) is 6.08 Å². The number of carbonyl (C=O) groups excluding carboxylic acids is 1. The van der Waals surface area contributed by atoms with Gasteiger partial charge >= 0.3 is 0 Å². The van der Waals surface area contributed by atoms with Crippen molar-refractivity contribution < 1.29 is 4.79 Å². The molecule has 0 aromatic heterocycles. The monoisotopic (exact) mass is 170 g/mol. The van der Waals surface area contributed by atoms with Crippen LogP contribution in [0.1, 0.15) is 20.8 Å². The van der Waals surface area contributed by atoms with Crippen LogP contribution in [0.25, 0.3) is 0 Å². The van der Waals surface area contributed by atoms with Crippen molar-refractivity contribution >= 4 is 14.4 Å². The van der Waals surface area contributed by atoms with Crippen molar-refractivity contribution in [1.29, 1.82) is 0 Å². The Morgan fingerprint density at radius 3 is 1.91 bits per heavy atom. The van der Waals surface area contributed by atoms with E-state index in [0.29, 0.717) is 5.04 Å². The van der Waals surface area contributed by atoms with E-state index >= 15 is 0 Å². The van der Waals surface area contributed by atoms with E-state index in [4.69, 9.17) is 0 Å². The Balaban J connectivity index is 4.46. The number of hydrogen-bond acceptors (Lipinski definition) is 1. The van der Waals surface area contributed by atoms with Crippen LogP contribution in [0.5, 0.6) is 0 Å². The zero-order chi connectivity index (χ0) is 9.12. The Kier molecular flexibility index (Phi) is 3.24. The molecule has 0 aliphatic carbocycles. The van der Waals surface area contributed by atoms with Crippen molar-refractivity contribution in [2.45, 2.75) is 38.9 Å². The molecule has 1 nitrogen and oxygen atoms in total. The lowest BCUT2D eigenvalue weighted by Crippen LogP contribution is -2.34. The van der Waals surface area contributed by atoms with Crippen LogP contribution in [-0.2, 0) is 4.79 Å². The summed E-state index contributed by atoms with van der Waals surface area (Å²) in [5, 5.41) is 0.340. The molecule has 0 aromatic rings. The molecule has 0 rings (SSSR count). The van der Waals surface area contributed by atoms with E-state index in [2.05, 4.69) is 39.6 Å². The van der Waals surface area contributed by atoms with Crippen LogP contribution < -0.4 is 0 Å². The van der Waals surface area contributed by atoms with Crippen LogP contribution in [0.2, 0.25) is 18.1 Å². The molecular formula is C9H18OSi. The Hall–Kier alpha value is -0.373. The van der Waals surface area contributed by atoms with Crippen molar-refractivity contribution in [1.82, 2.24) is 0 Å². The number of aldehydes is 1. The average Bonchev–Trinajstić information content (AvgIpc) is 1.81. The van der Waals surface area contributed by atoms with Crippen molar-refractivity contribution in [2.24, 2.45) is 0 Å². The topological polar surface area (TPSA) is 17.1 Å². The molecule has 0 atom stereocenters. The predicted molar refractivity (Wildman–Crippen MR) is 52.4 cm³/mol. The lowest BCUT2D eigenvalue weighted by Gasteiger charge is -2.33. The van der Waals surface area contributed by atoms with Gasteiger partial charge in [-0.25, -0.2) is 0 Å². The minimum atomic E-state index is -1.34. The standard InChI is InChI=1S/C9H18OSi/c1-9(2,3)11(4,5)8-6-7-10/h6-8H,1-5H3/b8-6+. The maximum atomic E-state index is 10.1. The first-order valence-corrected chi connectivity index (χ1v) is 7.02. The van der Waals surface area contributed by atoms with E-state index in [1.807, 2.05) is 0 Å². The lowest BCUT2D eigenvalue weighted by atomic mass is 10.2. The number of allylic oxidation sites excluding steroid dienone is 1. The summed E-state index contributed by atoms with van der Waals surface area (Å²) in [4.78, 5) is 10.1. The molecule has 0 radical (unpaired) electrons. The first-order valence-electron chi connectivity index (χ1n) is 3.94. The highest BCUT2D eigenvalue weighted by atomic mass is 28.3. The molecule has 0 fully saturated rings. The Bertz CT molecular complexity index is 163. The van der Waals surface area contributed by atoms with Gasteiger partial charge in [0.1, 0.15) is 6.29 Å². The molecule has 0 bridgehead atoms. The maximum Gasteiger partial charge on any atom is 0.142 e. The summed E-state index contributed by atoms with van der Waals surface area (Å²) in [6, 6.07) is 0. The van der Waals surface area contributed by atoms with Crippen LogP contribution in [0.4, 0.5) is 0 Å². The molecule has 0 aliphatic heterocycles. The lowest BCUT2D eigenvalue weighted by molar-refractivity contribution is -0.104. The van der Waals surface area contributed by atoms with E-state index in [0.717, 1.165) is 6.29 Å². The SMILES string of the molecule is CC(C)(C)[Si](C)(C)/C=C/C=O. The second kappa shape index (κ2) is 3.35. The second-order valence-electron chi connectivity index (χ2n) is 4.47. The van der Waals surface area contributed by atoms with E-state index < -0.39 is 8.07 Å². The Morgan fingerprint density at radius 1 is 1.18 bits per heavy atom. The molecule has 2 heteroatoms.